The van der Waals surface area contributed by atoms with Crippen LogP contribution in [0.25, 0.3) is 0 Å². The minimum atomic E-state index is -2.11. The Labute approximate surface area is 119 Å². The number of anilines is 1. The molecular formula is C15H16F5N. The molecular weight excluding hydrogens is 289 g/mol. The Kier molecular flexibility index (Phi) is 3.58. The van der Waals surface area contributed by atoms with Crippen molar-refractivity contribution in [1.29, 1.82) is 0 Å². The van der Waals surface area contributed by atoms with E-state index in [-0.39, 0.29) is 11.5 Å². The molecule has 1 N–H and O–H groups in total. The largest absolute Gasteiger partial charge is 0.377 e. The Morgan fingerprint density at radius 3 is 1.71 bits per heavy atom. The van der Waals surface area contributed by atoms with Gasteiger partial charge in [0.15, 0.2) is 23.3 Å². The summed E-state index contributed by atoms with van der Waals surface area (Å²) in [6, 6.07) is -0.217. The van der Waals surface area contributed by atoms with Crippen molar-refractivity contribution in [2.24, 2.45) is 5.41 Å². The van der Waals surface area contributed by atoms with Crippen molar-refractivity contribution >= 4 is 5.69 Å². The van der Waals surface area contributed by atoms with Crippen LogP contribution in [0.15, 0.2) is 0 Å². The van der Waals surface area contributed by atoms with Crippen LogP contribution in [0.1, 0.15) is 44.9 Å². The summed E-state index contributed by atoms with van der Waals surface area (Å²) in [4.78, 5) is 0. The molecule has 2 aliphatic carbocycles. The minimum Gasteiger partial charge on any atom is -0.377 e. The number of nitrogens with one attached hydrogen (secondary N) is 1. The third-order valence-corrected chi connectivity index (χ3v) is 5.05. The maximum atomic E-state index is 13.7. The lowest BCUT2D eigenvalue weighted by Gasteiger charge is -2.52. The molecule has 0 bridgehead atoms. The molecule has 0 aliphatic heterocycles. The van der Waals surface area contributed by atoms with Crippen LogP contribution < -0.4 is 5.32 Å². The normalized spacial score (nSPS) is 24.0. The van der Waals surface area contributed by atoms with E-state index >= 15 is 0 Å². The van der Waals surface area contributed by atoms with Crippen molar-refractivity contribution in [2.75, 3.05) is 5.32 Å². The molecule has 21 heavy (non-hydrogen) atoms. The molecule has 0 saturated heterocycles. The van der Waals surface area contributed by atoms with Gasteiger partial charge < -0.3 is 5.32 Å². The van der Waals surface area contributed by atoms with Crippen LogP contribution in [-0.2, 0) is 0 Å². The summed E-state index contributed by atoms with van der Waals surface area (Å²) < 4.78 is 66.8. The van der Waals surface area contributed by atoms with Gasteiger partial charge in [-0.2, -0.15) is 0 Å². The standard InChI is InChI=1S/C15H16F5N/c16-9-10(17)12(19)14(13(20)11(9)18)21-8-4-7-15(8)5-2-1-3-6-15/h8,21H,1-7H2. The summed E-state index contributed by atoms with van der Waals surface area (Å²) in [5.74, 6) is -9.45. The maximum Gasteiger partial charge on any atom is 0.200 e. The highest BCUT2D eigenvalue weighted by Crippen LogP contribution is 2.53. The lowest BCUT2D eigenvalue weighted by Crippen LogP contribution is -2.50. The van der Waals surface area contributed by atoms with Gasteiger partial charge in [0.05, 0.1) is 0 Å². The van der Waals surface area contributed by atoms with Crippen molar-refractivity contribution < 1.29 is 22.0 Å². The van der Waals surface area contributed by atoms with E-state index in [1.165, 1.54) is 0 Å². The summed E-state index contributed by atoms with van der Waals surface area (Å²) >= 11 is 0. The van der Waals surface area contributed by atoms with Gasteiger partial charge in [-0.25, -0.2) is 22.0 Å². The zero-order valence-electron chi connectivity index (χ0n) is 11.4. The van der Waals surface area contributed by atoms with Gasteiger partial charge in [-0.05, 0) is 31.1 Å². The van der Waals surface area contributed by atoms with Crippen LogP contribution in [0.4, 0.5) is 27.6 Å². The molecule has 0 radical (unpaired) electrons. The molecule has 1 aromatic rings. The second-order valence-electron chi connectivity index (χ2n) is 6.10. The highest BCUT2D eigenvalue weighted by molar-refractivity contribution is 5.49. The van der Waals surface area contributed by atoms with Crippen LogP contribution in [0.3, 0.4) is 0 Å². The Morgan fingerprint density at radius 1 is 0.714 bits per heavy atom. The van der Waals surface area contributed by atoms with E-state index in [1.807, 2.05) is 0 Å². The Balaban J connectivity index is 1.89. The van der Waals surface area contributed by atoms with Gasteiger partial charge in [-0.3, -0.25) is 0 Å². The molecule has 1 unspecified atom stereocenters. The van der Waals surface area contributed by atoms with Crippen LogP contribution in [0, 0.1) is 34.5 Å². The van der Waals surface area contributed by atoms with Crippen molar-refractivity contribution in [3.8, 4) is 0 Å². The number of halogens is 5. The third kappa shape index (κ3) is 2.19. The van der Waals surface area contributed by atoms with E-state index in [0.717, 1.165) is 38.5 Å². The molecule has 3 rings (SSSR count). The van der Waals surface area contributed by atoms with Crippen molar-refractivity contribution in [3.05, 3.63) is 29.1 Å². The fourth-order valence-corrected chi connectivity index (χ4v) is 3.68. The quantitative estimate of drug-likeness (QED) is 0.465. The molecule has 1 atom stereocenters. The van der Waals surface area contributed by atoms with Crippen LogP contribution in [0.2, 0.25) is 0 Å². The van der Waals surface area contributed by atoms with E-state index in [4.69, 9.17) is 0 Å². The van der Waals surface area contributed by atoms with Gasteiger partial charge in [-0.15, -0.1) is 0 Å². The number of hydrogen-bond acceptors (Lipinski definition) is 1. The molecule has 1 aromatic carbocycles. The van der Waals surface area contributed by atoms with Crippen LogP contribution >= 0.6 is 0 Å². The summed E-state index contributed by atoms with van der Waals surface area (Å²) in [5, 5.41) is 2.59. The van der Waals surface area contributed by atoms with Gasteiger partial charge in [0, 0.05) is 6.04 Å². The SMILES string of the molecule is Fc1c(F)c(F)c(NC2CCC23CCCCC3)c(F)c1F. The van der Waals surface area contributed by atoms with E-state index in [9.17, 15) is 22.0 Å². The third-order valence-electron chi connectivity index (χ3n) is 5.05. The van der Waals surface area contributed by atoms with Gasteiger partial charge in [0.2, 0.25) is 5.82 Å². The average molecular weight is 305 g/mol. The first kappa shape index (κ1) is 14.6. The molecule has 0 heterocycles. The Bertz CT molecular complexity index is 537. The fraction of sp³-hybridized carbons (Fsp3) is 0.600. The predicted molar refractivity (Wildman–Crippen MR) is 68.4 cm³/mol. The zero-order chi connectivity index (χ0) is 15.2. The highest BCUT2D eigenvalue weighted by atomic mass is 19.2. The lowest BCUT2D eigenvalue weighted by atomic mass is 9.57. The smallest absolute Gasteiger partial charge is 0.200 e. The zero-order valence-corrected chi connectivity index (χ0v) is 11.4. The first-order chi connectivity index (χ1) is 9.96. The van der Waals surface area contributed by atoms with E-state index in [1.54, 1.807) is 0 Å². The van der Waals surface area contributed by atoms with Crippen LogP contribution in [-0.4, -0.2) is 6.04 Å². The van der Waals surface area contributed by atoms with Crippen molar-refractivity contribution in [3.63, 3.8) is 0 Å². The molecule has 0 amide bonds. The van der Waals surface area contributed by atoms with E-state index in [0.29, 0.717) is 6.42 Å². The first-order valence-electron chi connectivity index (χ1n) is 7.24. The molecule has 116 valence electrons. The van der Waals surface area contributed by atoms with Crippen LogP contribution in [0.5, 0.6) is 0 Å². The van der Waals surface area contributed by atoms with Crippen molar-refractivity contribution in [1.82, 2.24) is 0 Å². The molecule has 1 nitrogen and oxygen atoms in total. The summed E-state index contributed by atoms with van der Waals surface area (Å²) in [6.45, 7) is 0. The molecule has 2 saturated carbocycles. The maximum absolute atomic E-state index is 13.7. The average Bonchev–Trinajstić information content (AvgIpc) is 2.51. The number of hydrogen-bond donors (Lipinski definition) is 1. The summed E-state index contributed by atoms with van der Waals surface area (Å²) in [5.41, 5.74) is -0.931. The Morgan fingerprint density at radius 2 is 1.24 bits per heavy atom. The van der Waals surface area contributed by atoms with Crippen molar-refractivity contribution in [2.45, 2.75) is 51.0 Å². The van der Waals surface area contributed by atoms with Gasteiger partial charge in [0.1, 0.15) is 5.69 Å². The monoisotopic (exact) mass is 305 g/mol. The van der Waals surface area contributed by atoms with Gasteiger partial charge >= 0.3 is 0 Å². The van der Waals surface area contributed by atoms with E-state index in [2.05, 4.69) is 5.32 Å². The molecule has 6 heteroatoms. The molecule has 1 spiro atoms. The molecule has 2 fully saturated rings. The lowest BCUT2D eigenvalue weighted by molar-refractivity contribution is 0.0566. The van der Waals surface area contributed by atoms with E-state index < -0.39 is 34.8 Å². The number of benzene rings is 1. The second-order valence-corrected chi connectivity index (χ2v) is 6.10. The molecule has 2 aliphatic rings. The second kappa shape index (κ2) is 5.14. The highest BCUT2D eigenvalue weighted by Gasteiger charge is 2.47. The fourth-order valence-electron chi connectivity index (χ4n) is 3.68. The summed E-state index contributed by atoms with van der Waals surface area (Å²) in [7, 11) is 0. The minimum absolute atomic E-state index is 0.0432. The first-order valence-corrected chi connectivity index (χ1v) is 7.24. The van der Waals surface area contributed by atoms with Gasteiger partial charge in [-0.1, -0.05) is 19.3 Å². The van der Waals surface area contributed by atoms with Gasteiger partial charge in [0.25, 0.3) is 0 Å². The molecule has 0 aromatic heterocycles. The predicted octanol–water partition coefficient (Wildman–Crippen LogP) is 4.91. The topological polar surface area (TPSA) is 12.0 Å². The Hall–Kier alpha value is -1.33. The summed E-state index contributed by atoms with van der Waals surface area (Å²) in [6.07, 6.45) is 6.77. The number of rotatable bonds is 2.